The van der Waals surface area contributed by atoms with E-state index in [1.54, 1.807) is 11.8 Å². The molecule has 0 atom stereocenters. The zero-order valence-corrected chi connectivity index (χ0v) is 12.6. The highest BCUT2D eigenvalue weighted by molar-refractivity contribution is 7.99. The molecule has 2 aromatic rings. The van der Waals surface area contributed by atoms with Gasteiger partial charge in [0.25, 0.3) is 0 Å². The lowest BCUT2D eigenvalue weighted by atomic mass is 10.3. The Labute approximate surface area is 129 Å². The maximum Gasteiger partial charge on any atom is 0.362 e. The highest BCUT2D eigenvalue weighted by Crippen LogP contribution is 2.17. The van der Waals surface area contributed by atoms with Crippen molar-refractivity contribution in [1.29, 1.82) is 0 Å². The minimum absolute atomic E-state index is 0.205. The number of oxime groups is 1. The first kappa shape index (κ1) is 15.3. The second-order valence-electron chi connectivity index (χ2n) is 3.82. The van der Waals surface area contributed by atoms with E-state index in [4.69, 9.17) is 15.7 Å². The molecule has 0 fully saturated rings. The molecule has 0 spiro atoms. The molecule has 1 heterocycles. The number of ether oxygens (including phenoxy) is 1. The standard InChI is InChI=1S/C13H13N3O3S2/c14-13-15-10(8-21-13)11(16-18)12(17)19-6-7-20-9-4-2-1-3-5-9/h1-5,8,18H,6-7H2,(H2,14,15)/b16-11-. The van der Waals surface area contributed by atoms with Gasteiger partial charge in [0.1, 0.15) is 12.3 Å². The van der Waals surface area contributed by atoms with Crippen LogP contribution in [0.4, 0.5) is 5.13 Å². The average Bonchev–Trinajstić information content (AvgIpc) is 2.92. The van der Waals surface area contributed by atoms with Gasteiger partial charge in [0.05, 0.1) is 0 Å². The van der Waals surface area contributed by atoms with Gasteiger partial charge in [-0.3, -0.25) is 0 Å². The fourth-order valence-electron chi connectivity index (χ4n) is 1.47. The van der Waals surface area contributed by atoms with Crippen LogP contribution in [-0.2, 0) is 9.53 Å². The molecular weight excluding hydrogens is 310 g/mol. The van der Waals surface area contributed by atoms with Crippen molar-refractivity contribution in [3.63, 3.8) is 0 Å². The lowest BCUT2D eigenvalue weighted by Gasteiger charge is -2.04. The minimum Gasteiger partial charge on any atom is -0.460 e. The van der Waals surface area contributed by atoms with Crippen LogP contribution in [0.5, 0.6) is 0 Å². The zero-order chi connectivity index (χ0) is 15.1. The van der Waals surface area contributed by atoms with Crippen LogP contribution in [0.1, 0.15) is 5.69 Å². The molecule has 0 saturated carbocycles. The summed E-state index contributed by atoms with van der Waals surface area (Å²) in [6, 6.07) is 9.78. The van der Waals surface area contributed by atoms with Crippen molar-refractivity contribution < 1.29 is 14.7 Å². The molecule has 1 aromatic heterocycles. The van der Waals surface area contributed by atoms with Gasteiger partial charge >= 0.3 is 5.97 Å². The Bertz CT molecular complexity index is 629. The number of carbonyl (C=O) groups is 1. The summed E-state index contributed by atoms with van der Waals surface area (Å²) in [4.78, 5) is 16.8. The van der Waals surface area contributed by atoms with Gasteiger partial charge in [0, 0.05) is 16.0 Å². The SMILES string of the molecule is Nc1nc(/C(=N/O)C(=O)OCCSc2ccccc2)cs1. The Morgan fingerprint density at radius 3 is 2.81 bits per heavy atom. The number of esters is 1. The van der Waals surface area contributed by atoms with E-state index in [2.05, 4.69) is 10.1 Å². The van der Waals surface area contributed by atoms with Crippen molar-refractivity contribution in [2.75, 3.05) is 18.1 Å². The number of carbonyl (C=O) groups excluding carboxylic acids is 1. The van der Waals surface area contributed by atoms with Crippen LogP contribution in [0.3, 0.4) is 0 Å². The maximum absolute atomic E-state index is 11.8. The minimum atomic E-state index is -0.725. The van der Waals surface area contributed by atoms with Crippen LogP contribution >= 0.6 is 23.1 Å². The van der Waals surface area contributed by atoms with Crippen LogP contribution in [-0.4, -0.2) is 34.2 Å². The van der Waals surface area contributed by atoms with Gasteiger partial charge in [-0.25, -0.2) is 9.78 Å². The number of nitrogens with two attached hydrogens (primary N) is 1. The smallest absolute Gasteiger partial charge is 0.362 e. The van der Waals surface area contributed by atoms with E-state index in [1.165, 1.54) is 5.38 Å². The van der Waals surface area contributed by atoms with E-state index in [1.807, 2.05) is 30.3 Å². The highest BCUT2D eigenvalue weighted by Gasteiger charge is 2.19. The van der Waals surface area contributed by atoms with Crippen molar-refractivity contribution in [2.24, 2.45) is 5.16 Å². The zero-order valence-electron chi connectivity index (χ0n) is 10.9. The Morgan fingerprint density at radius 2 is 2.19 bits per heavy atom. The molecule has 0 saturated heterocycles. The van der Waals surface area contributed by atoms with Crippen LogP contribution in [0, 0.1) is 0 Å². The lowest BCUT2D eigenvalue weighted by molar-refractivity contribution is -0.135. The fourth-order valence-corrected chi connectivity index (χ4v) is 2.77. The van der Waals surface area contributed by atoms with E-state index in [9.17, 15) is 4.79 Å². The summed E-state index contributed by atoms with van der Waals surface area (Å²) in [5.41, 5.74) is 5.44. The molecule has 3 N–H and O–H groups in total. The summed E-state index contributed by atoms with van der Waals surface area (Å²) in [5.74, 6) is -0.121. The Kier molecular flexibility index (Phi) is 5.59. The highest BCUT2D eigenvalue weighted by atomic mass is 32.2. The first-order valence-corrected chi connectivity index (χ1v) is 7.85. The van der Waals surface area contributed by atoms with Crippen molar-refractivity contribution in [3.05, 3.63) is 41.4 Å². The number of rotatable bonds is 6. The summed E-state index contributed by atoms with van der Waals surface area (Å²) < 4.78 is 5.05. The predicted molar refractivity (Wildman–Crippen MR) is 83.0 cm³/mol. The van der Waals surface area contributed by atoms with E-state index < -0.39 is 5.97 Å². The first-order valence-electron chi connectivity index (χ1n) is 5.99. The fraction of sp³-hybridized carbons (Fsp3) is 0.154. The molecule has 21 heavy (non-hydrogen) atoms. The number of thioether (sulfide) groups is 1. The normalized spacial score (nSPS) is 11.3. The third-order valence-electron chi connectivity index (χ3n) is 2.39. The number of benzene rings is 1. The third-order valence-corrected chi connectivity index (χ3v) is 4.04. The molecule has 0 bridgehead atoms. The van der Waals surface area contributed by atoms with E-state index in [0.717, 1.165) is 16.2 Å². The Hall–Kier alpha value is -2.06. The summed E-state index contributed by atoms with van der Waals surface area (Å²) in [6.07, 6.45) is 0. The molecule has 0 amide bonds. The van der Waals surface area contributed by atoms with Gasteiger partial charge in [-0.1, -0.05) is 23.4 Å². The van der Waals surface area contributed by atoms with Gasteiger partial charge in [-0.2, -0.15) is 0 Å². The van der Waals surface area contributed by atoms with Crippen LogP contribution in [0.2, 0.25) is 0 Å². The van der Waals surface area contributed by atoms with Crippen LogP contribution in [0.25, 0.3) is 0 Å². The monoisotopic (exact) mass is 323 g/mol. The number of hydrogen-bond donors (Lipinski definition) is 2. The second-order valence-corrected chi connectivity index (χ2v) is 5.88. The number of aromatic nitrogens is 1. The first-order chi connectivity index (χ1) is 10.2. The predicted octanol–water partition coefficient (Wildman–Crippen LogP) is 2.24. The number of nitrogens with zero attached hydrogens (tertiary/aromatic N) is 2. The molecule has 0 aliphatic rings. The van der Waals surface area contributed by atoms with Crippen molar-refractivity contribution in [3.8, 4) is 0 Å². The molecule has 2 rings (SSSR count). The van der Waals surface area contributed by atoms with Gasteiger partial charge in [-0.05, 0) is 12.1 Å². The molecule has 8 heteroatoms. The van der Waals surface area contributed by atoms with Gasteiger partial charge < -0.3 is 15.7 Å². The third kappa shape index (κ3) is 4.47. The number of hydrogen-bond acceptors (Lipinski definition) is 8. The van der Waals surface area contributed by atoms with Crippen LogP contribution in [0.15, 0.2) is 45.8 Å². The second kappa shape index (κ2) is 7.65. The molecular formula is C13H13N3O3S2. The number of anilines is 1. The van der Waals surface area contributed by atoms with E-state index in [-0.39, 0.29) is 18.0 Å². The Balaban J connectivity index is 1.81. The van der Waals surface area contributed by atoms with Crippen molar-refractivity contribution in [1.82, 2.24) is 4.98 Å². The largest absolute Gasteiger partial charge is 0.460 e. The molecule has 0 unspecified atom stereocenters. The van der Waals surface area contributed by atoms with Gasteiger partial charge in [-0.15, -0.1) is 23.1 Å². The maximum atomic E-state index is 11.8. The van der Waals surface area contributed by atoms with Gasteiger partial charge in [0.15, 0.2) is 5.13 Å². The van der Waals surface area contributed by atoms with E-state index in [0.29, 0.717) is 10.9 Å². The molecule has 0 radical (unpaired) electrons. The van der Waals surface area contributed by atoms with Crippen molar-refractivity contribution in [2.45, 2.75) is 4.90 Å². The Morgan fingerprint density at radius 1 is 1.43 bits per heavy atom. The summed E-state index contributed by atoms with van der Waals surface area (Å²) in [7, 11) is 0. The number of nitrogen functional groups attached to an aromatic ring is 1. The summed E-state index contributed by atoms with van der Waals surface area (Å²) >= 11 is 2.72. The summed E-state index contributed by atoms with van der Waals surface area (Å²) in [5, 5.41) is 13.7. The van der Waals surface area contributed by atoms with E-state index >= 15 is 0 Å². The van der Waals surface area contributed by atoms with Gasteiger partial charge in [0.2, 0.25) is 5.71 Å². The molecule has 0 aliphatic heterocycles. The molecule has 1 aromatic carbocycles. The molecule has 110 valence electrons. The molecule has 0 aliphatic carbocycles. The van der Waals surface area contributed by atoms with Crippen molar-refractivity contribution >= 4 is 39.9 Å². The lowest BCUT2D eigenvalue weighted by Crippen LogP contribution is -2.20. The average molecular weight is 323 g/mol. The quantitative estimate of drug-likeness (QED) is 0.211. The molecule has 6 nitrogen and oxygen atoms in total. The summed E-state index contributed by atoms with van der Waals surface area (Å²) in [6.45, 7) is 0.205. The van der Waals surface area contributed by atoms with Crippen LogP contribution < -0.4 is 5.73 Å². The topological polar surface area (TPSA) is 97.8 Å². The number of thiazole rings is 1.